The molecular weight excluding hydrogens is 344 g/mol. The zero-order valence-corrected chi connectivity index (χ0v) is 17.5. The molecule has 2 heterocycles. The Morgan fingerprint density at radius 1 is 1.33 bits per heavy atom. The van der Waals surface area contributed by atoms with Crippen molar-refractivity contribution in [1.29, 1.82) is 0 Å². The standard InChI is InChI=1S/C22H36O5/c1-15-7-6-8-16(2)13-19-18(21(4,25)14-23)11-12-22(5,27-19)20(10-9-15)26-17(3)24/h7,13,18-20,23,25H,6,8-12,14H2,1-5H3. The van der Waals surface area contributed by atoms with E-state index in [0.717, 1.165) is 25.7 Å². The largest absolute Gasteiger partial charge is 0.459 e. The normalized spacial score (nSPS) is 35.0. The second-order valence-electron chi connectivity index (χ2n) is 8.79. The molecule has 0 radical (unpaired) electrons. The first-order valence-corrected chi connectivity index (χ1v) is 10.1. The summed E-state index contributed by atoms with van der Waals surface area (Å²) in [5.74, 6) is -0.505. The molecule has 2 aliphatic heterocycles. The third kappa shape index (κ3) is 5.66. The number of rotatable bonds is 3. The molecule has 5 nitrogen and oxygen atoms in total. The molecule has 2 rings (SSSR count). The van der Waals surface area contributed by atoms with Crippen LogP contribution in [0.5, 0.6) is 0 Å². The van der Waals surface area contributed by atoms with E-state index in [0.29, 0.717) is 12.8 Å². The van der Waals surface area contributed by atoms with Gasteiger partial charge in [-0.15, -0.1) is 0 Å². The second kappa shape index (κ2) is 8.89. The minimum atomic E-state index is -1.22. The highest BCUT2D eigenvalue weighted by Gasteiger charge is 2.49. The fourth-order valence-electron chi connectivity index (χ4n) is 4.29. The van der Waals surface area contributed by atoms with Gasteiger partial charge in [-0.2, -0.15) is 0 Å². The first kappa shape index (κ1) is 22.1. The van der Waals surface area contributed by atoms with Crippen LogP contribution in [0, 0.1) is 5.92 Å². The maximum Gasteiger partial charge on any atom is 0.303 e. The third-order valence-electron chi connectivity index (χ3n) is 6.14. The average molecular weight is 381 g/mol. The smallest absolute Gasteiger partial charge is 0.303 e. The van der Waals surface area contributed by atoms with Crippen molar-refractivity contribution in [2.24, 2.45) is 5.92 Å². The van der Waals surface area contributed by atoms with Crippen LogP contribution in [0.3, 0.4) is 0 Å². The predicted octanol–water partition coefficient (Wildman–Crippen LogP) is 3.68. The van der Waals surface area contributed by atoms with E-state index in [1.54, 1.807) is 6.92 Å². The quantitative estimate of drug-likeness (QED) is 0.577. The Labute approximate surface area is 163 Å². The Morgan fingerprint density at radius 2 is 2.04 bits per heavy atom. The molecule has 0 spiro atoms. The van der Waals surface area contributed by atoms with Crippen LogP contribution in [-0.4, -0.2) is 46.2 Å². The summed E-state index contributed by atoms with van der Waals surface area (Å²) in [5.41, 5.74) is 0.677. The van der Waals surface area contributed by atoms with Gasteiger partial charge in [0.25, 0.3) is 0 Å². The van der Waals surface area contributed by atoms with Crippen LogP contribution in [0.15, 0.2) is 23.3 Å². The highest BCUT2D eigenvalue weighted by atomic mass is 16.6. The number of hydrogen-bond donors (Lipinski definition) is 2. The van der Waals surface area contributed by atoms with Gasteiger partial charge >= 0.3 is 5.97 Å². The van der Waals surface area contributed by atoms with Crippen LogP contribution in [-0.2, 0) is 14.3 Å². The maximum atomic E-state index is 11.7. The summed E-state index contributed by atoms with van der Waals surface area (Å²) < 4.78 is 12.2. The molecule has 2 bridgehead atoms. The highest BCUT2D eigenvalue weighted by molar-refractivity contribution is 5.66. The number of carbonyl (C=O) groups is 1. The van der Waals surface area contributed by atoms with Gasteiger partial charge in [-0.05, 0) is 66.2 Å². The van der Waals surface area contributed by atoms with Gasteiger partial charge in [0, 0.05) is 12.8 Å². The lowest BCUT2D eigenvalue weighted by molar-refractivity contribution is -0.219. The number of hydrogen-bond acceptors (Lipinski definition) is 5. The van der Waals surface area contributed by atoms with Gasteiger partial charge in [-0.3, -0.25) is 4.79 Å². The Balaban J connectivity index is 2.40. The molecule has 27 heavy (non-hydrogen) atoms. The van der Waals surface area contributed by atoms with Crippen molar-refractivity contribution < 1.29 is 24.5 Å². The number of fused-ring (bicyclic) bond motifs is 2. The van der Waals surface area contributed by atoms with E-state index in [1.165, 1.54) is 18.1 Å². The van der Waals surface area contributed by atoms with Crippen molar-refractivity contribution >= 4 is 5.97 Å². The van der Waals surface area contributed by atoms with Crippen LogP contribution in [0.25, 0.3) is 0 Å². The molecule has 5 heteroatoms. The Hall–Kier alpha value is -1.17. The van der Waals surface area contributed by atoms with Crippen LogP contribution in [0.2, 0.25) is 0 Å². The van der Waals surface area contributed by atoms with E-state index >= 15 is 0 Å². The van der Waals surface area contributed by atoms with E-state index in [4.69, 9.17) is 9.47 Å². The van der Waals surface area contributed by atoms with Crippen LogP contribution in [0.4, 0.5) is 0 Å². The zero-order chi connectivity index (χ0) is 20.2. The van der Waals surface area contributed by atoms with Crippen molar-refractivity contribution in [2.45, 2.75) is 96.6 Å². The van der Waals surface area contributed by atoms with Crippen molar-refractivity contribution in [3.05, 3.63) is 23.3 Å². The van der Waals surface area contributed by atoms with Crippen molar-refractivity contribution in [2.75, 3.05) is 6.61 Å². The summed E-state index contributed by atoms with van der Waals surface area (Å²) in [7, 11) is 0. The lowest BCUT2D eigenvalue weighted by Crippen LogP contribution is -2.56. The molecule has 0 aliphatic carbocycles. The SMILES string of the molecule is CC(=O)OC1CCC(C)=CCCC(C)=CC2OC1(C)CCC2C(C)(O)CO. The van der Waals surface area contributed by atoms with Gasteiger partial charge in [0.2, 0.25) is 0 Å². The molecule has 1 fully saturated rings. The zero-order valence-electron chi connectivity index (χ0n) is 17.5. The number of aliphatic hydroxyl groups excluding tert-OH is 1. The predicted molar refractivity (Wildman–Crippen MR) is 105 cm³/mol. The molecule has 0 saturated carbocycles. The van der Waals surface area contributed by atoms with Gasteiger partial charge in [-0.25, -0.2) is 0 Å². The first-order valence-electron chi connectivity index (χ1n) is 10.1. The Kier molecular flexibility index (Phi) is 7.28. The minimum absolute atomic E-state index is 0.205. The summed E-state index contributed by atoms with van der Waals surface area (Å²) in [5, 5.41) is 20.4. The fraction of sp³-hybridized carbons (Fsp3) is 0.773. The molecular formula is C22H36O5. The van der Waals surface area contributed by atoms with E-state index in [2.05, 4.69) is 26.0 Å². The van der Waals surface area contributed by atoms with Gasteiger partial charge in [0.1, 0.15) is 11.7 Å². The van der Waals surface area contributed by atoms with Crippen LogP contribution in [0.1, 0.15) is 73.1 Å². The van der Waals surface area contributed by atoms with Crippen molar-refractivity contribution in [1.82, 2.24) is 0 Å². The molecule has 5 atom stereocenters. The van der Waals surface area contributed by atoms with Crippen molar-refractivity contribution in [3.8, 4) is 0 Å². The molecule has 2 N–H and O–H groups in total. The number of allylic oxidation sites excluding steroid dienone is 3. The molecule has 1 saturated heterocycles. The van der Waals surface area contributed by atoms with E-state index in [9.17, 15) is 15.0 Å². The van der Waals surface area contributed by atoms with E-state index in [1.807, 2.05) is 6.92 Å². The minimum Gasteiger partial charge on any atom is -0.459 e. The molecule has 2 aliphatic rings. The maximum absolute atomic E-state index is 11.7. The Bertz CT molecular complexity index is 592. The fourth-order valence-corrected chi connectivity index (χ4v) is 4.29. The average Bonchev–Trinajstić information content (AvgIpc) is 2.57. The van der Waals surface area contributed by atoms with E-state index < -0.39 is 11.2 Å². The van der Waals surface area contributed by atoms with Crippen LogP contribution < -0.4 is 0 Å². The summed E-state index contributed by atoms with van der Waals surface area (Å²) in [6, 6.07) is 0. The third-order valence-corrected chi connectivity index (χ3v) is 6.14. The van der Waals surface area contributed by atoms with Gasteiger partial charge in [0.05, 0.1) is 18.3 Å². The molecule has 0 amide bonds. The van der Waals surface area contributed by atoms with E-state index in [-0.39, 0.29) is 30.7 Å². The number of esters is 1. The highest BCUT2D eigenvalue weighted by Crippen LogP contribution is 2.42. The lowest BCUT2D eigenvalue weighted by atomic mass is 9.74. The van der Waals surface area contributed by atoms with Crippen LogP contribution >= 0.6 is 0 Å². The number of ether oxygens (including phenoxy) is 2. The monoisotopic (exact) mass is 380 g/mol. The second-order valence-corrected chi connectivity index (χ2v) is 8.79. The number of aliphatic hydroxyl groups is 2. The summed E-state index contributed by atoms with van der Waals surface area (Å²) in [6.45, 7) is 9.00. The topological polar surface area (TPSA) is 76.0 Å². The molecule has 0 aromatic rings. The first-order chi connectivity index (χ1) is 12.6. The summed E-state index contributed by atoms with van der Waals surface area (Å²) in [6.07, 6.45) is 8.51. The van der Waals surface area contributed by atoms with Gasteiger partial charge < -0.3 is 19.7 Å². The summed E-state index contributed by atoms with van der Waals surface area (Å²) >= 11 is 0. The Morgan fingerprint density at radius 3 is 2.67 bits per heavy atom. The molecule has 154 valence electrons. The molecule has 5 unspecified atom stereocenters. The van der Waals surface area contributed by atoms with Crippen molar-refractivity contribution in [3.63, 3.8) is 0 Å². The molecule has 0 aromatic carbocycles. The summed E-state index contributed by atoms with van der Waals surface area (Å²) in [4.78, 5) is 11.7. The number of carbonyl (C=O) groups excluding carboxylic acids is 1. The van der Waals surface area contributed by atoms with Gasteiger partial charge in [0.15, 0.2) is 0 Å². The lowest BCUT2D eigenvalue weighted by Gasteiger charge is -2.49. The van der Waals surface area contributed by atoms with Gasteiger partial charge in [-0.1, -0.05) is 23.3 Å². The molecule has 0 aromatic heterocycles.